The lowest BCUT2D eigenvalue weighted by atomic mass is 10.00. The molecule has 2 fully saturated rings. The lowest BCUT2D eigenvalue weighted by molar-refractivity contribution is 0.0342. The Hall–Kier alpha value is -2.87. The van der Waals surface area contributed by atoms with E-state index in [0.29, 0.717) is 22.5 Å². The normalized spacial score (nSPS) is 16.9. The number of fused-ring (bicyclic) bond motifs is 1. The zero-order valence-corrected chi connectivity index (χ0v) is 19.9. The van der Waals surface area contributed by atoms with Gasteiger partial charge in [-0.3, -0.25) is 19.2 Å². The van der Waals surface area contributed by atoms with Crippen LogP contribution in [0, 0.1) is 0 Å². The van der Waals surface area contributed by atoms with E-state index in [-0.39, 0.29) is 11.0 Å². The molecule has 3 aromatic rings. The van der Waals surface area contributed by atoms with Crippen LogP contribution in [-0.4, -0.2) is 54.9 Å². The molecule has 2 aromatic carbocycles. The van der Waals surface area contributed by atoms with Crippen LogP contribution in [0.1, 0.15) is 40.0 Å². The number of nitrogens with zero attached hydrogens (tertiary/aromatic N) is 3. The maximum atomic E-state index is 13.7. The highest BCUT2D eigenvalue weighted by Crippen LogP contribution is 2.24. The second-order valence-corrected chi connectivity index (χ2v) is 9.47. The van der Waals surface area contributed by atoms with Crippen LogP contribution in [0.4, 0.5) is 0 Å². The molecule has 3 heterocycles. The zero-order valence-electron chi connectivity index (χ0n) is 19.1. The maximum absolute atomic E-state index is 13.7. The summed E-state index contributed by atoms with van der Waals surface area (Å²) < 4.78 is 7.52. The molecule has 8 heteroatoms. The van der Waals surface area contributed by atoms with Gasteiger partial charge >= 0.3 is 0 Å². The highest BCUT2D eigenvalue weighted by Gasteiger charge is 2.25. The minimum absolute atomic E-state index is 0.0675. The quantitative estimate of drug-likeness (QED) is 0.586. The van der Waals surface area contributed by atoms with Crippen molar-refractivity contribution in [2.45, 2.75) is 25.8 Å². The van der Waals surface area contributed by atoms with E-state index in [1.54, 1.807) is 0 Å². The van der Waals surface area contributed by atoms with Gasteiger partial charge in [-0.25, -0.2) is 0 Å². The van der Waals surface area contributed by atoms with Gasteiger partial charge in [0, 0.05) is 49.6 Å². The number of morpholine rings is 1. The molecular formula is C26H29ClN4O3. The van der Waals surface area contributed by atoms with Gasteiger partial charge in [0.25, 0.3) is 5.91 Å². The van der Waals surface area contributed by atoms with E-state index in [9.17, 15) is 9.59 Å². The first kappa shape index (κ1) is 22.9. The Morgan fingerprint density at radius 1 is 0.971 bits per heavy atom. The van der Waals surface area contributed by atoms with Gasteiger partial charge in [-0.05, 0) is 48.2 Å². The Morgan fingerprint density at radius 3 is 2.32 bits per heavy atom. The van der Waals surface area contributed by atoms with E-state index in [4.69, 9.17) is 22.1 Å². The summed E-state index contributed by atoms with van der Waals surface area (Å²) in [6, 6.07) is 13.5. The number of rotatable bonds is 6. The lowest BCUT2D eigenvalue weighted by Crippen LogP contribution is -2.39. The fourth-order valence-electron chi connectivity index (χ4n) is 5.02. The summed E-state index contributed by atoms with van der Waals surface area (Å²) in [5.74, 6) is -0.692. The Balaban J connectivity index is 1.67. The number of ether oxygens (including phenoxy) is 1. The number of benzene rings is 2. The molecule has 2 N–H and O–H groups in total. The number of aromatic nitrogens is 1. The second kappa shape index (κ2) is 9.78. The minimum atomic E-state index is -0.692. The monoisotopic (exact) mass is 480 g/mol. The summed E-state index contributed by atoms with van der Waals surface area (Å²) in [6.45, 7) is 5.62. The number of carbonyl (C=O) groups excluding carboxylic acids is 1. The van der Waals surface area contributed by atoms with Crippen molar-refractivity contribution in [3.63, 3.8) is 0 Å². The van der Waals surface area contributed by atoms with Crippen molar-refractivity contribution in [3.05, 3.63) is 80.1 Å². The molecule has 2 aliphatic rings. The summed E-state index contributed by atoms with van der Waals surface area (Å²) >= 11 is 6.07. The van der Waals surface area contributed by atoms with Crippen molar-refractivity contribution in [2.75, 3.05) is 44.4 Å². The van der Waals surface area contributed by atoms with E-state index in [1.165, 1.54) is 0 Å². The molecule has 1 amide bonds. The number of hydrogen-bond acceptors (Lipinski definition) is 5. The Kier molecular flexibility index (Phi) is 6.59. The predicted octanol–water partition coefficient (Wildman–Crippen LogP) is 2.91. The van der Waals surface area contributed by atoms with Crippen LogP contribution in [0.25, 0.3) is 10.9 Å². The summed E-state index contributed by atoms with van der Waals surface area (Å²) in [5, 5.41) is 3.40. The number of primary amides is 1. The van der Waals surface area contributed by atoms with Crippen molar-refractivity contribution in [1.82, 2.24) is 9.58 Å². The number of halogens is 1. The van der Waals surface area contributed by atoms with E-state index < -0.39 is 5.91 Å². The average molecular weight is 481 g/mol. The predicted molar refractivity (Wildman–Crippen MR) is 134 cm³/mol. The fraction of sp³-hybridized carbons (Fsp3) is 0.385. The molecule has 0 bridgehead atoms. The number of hydrogen-bond donors (Lipinski definition) is 1. The molecule has 34 heavy (non-hydrogen) atoms. The smallest absolute Gasteiger partial charge is 0.254 e. The van der Waals surface area contributed by atoms with Gasteiger partial charge in [0.05, 0.1) is 24.4 Å². The molecular weight excluding hydrogens is 452 g/mol. The maximum Gasteiger partial charge on any atom is 0.254 e. The summed E-state index contributed by atoms with van der Waals surface area (Å²) in [6.07, 6.45) is 2.54. The third-order valence-corrected chi connectivity index (χ3v) is 6.96. The number of nitrogens with two attached hydrogens (primary N) is 1. The lowest BCUT2D eigenvalue weighted by Gasteiger charge is -2.29. The molecule has 2 saturated heterocycles. The molecule has 0 saturated carbocycles. The Morgan fingerprint density at radius 2 is 1.65 bits per heavy atom. The van der Waals surface area contributed by atoms with Gasteiger partial charge in [0.1, 0.15) is 5.56 Å². The highest BCUT2D eigenvalue weighted by atomic mass is 35.5. The first-order valence-corrected chi connectivity index (χ1v) is 12.2. The van der Waals surface area contributed by atoms with Gasteiger partial charge in [0.15, 0.2) is 0 Å². The molecule has 0 radical (unpaired) electrons. The van der Waals surface area contributed by atoms with E-state index in [2.05, 4.69) is 20.7 Å². The van der Waals surface area contributed by atoms with E-state index in [1.807, 2.05) is 36.4 Å². The van der Waals surface area contributed by atoms with Crippen LogP contribution in [0.5, 0.6) is 0 Å². The third kappa shape index (κ3) is 4.56. The minimum Gasteiger partial charge on any atom is -0.379 e. The van der Waals surface area contributed by atoms with Gasteiger partial charge in [-0.1, -0.05) is 29.8 Å². The molecule has 0 atom stereocenters. The van der Waals surface area contributed by atoms with Gasteiger partial charge in [-0.2, -0.15) is 0 Å². The first-order chi connectivity index (χ1) is 16.5. The molecule has 0 aliphatic carbocycles. The van der Waals surface area contributed by atoms with Crippen molar-refractivity contribution in [3.8, 4) is 0 Å². The largest absolute Gasteiger partial charge is 0.379 e. The summed E-state index contributed by atoms with van der Waals surface area (Å²) in [4.78, 5) is 28.6. The number of amides is 1. The van der Waals surface area contributed by atoms with Crippen molar-refractivity contribution >= 4 is 28.4 Å². The SMILES string of the molecule is NC(=O)c1c(Cc2ccc(Cl)cc2)n(N2CCCC2)c2ccc(CN3CCOCC3)cc2c1=O. The van der Waals surface area contributed by atoms with Crippen molar-refractivity contribution < 1.29 is 9.53 Å². The topological polar surface area (TPSA) is 80.8 Å². The summed E-state index contributed by atoms with van der Waals surface area (Å²) in [5.41, 5.74) is 9.04. The summed E-state index contributed by atoms with van der Waals surface area (Å²) in [7, 11) is 0. The molecule has 0 spiro atoms. The molecule has 7 nitrogen and oxygen atoms in total. The van der Waals surface area contributed by atoms with E-state index in [0.717, 1.165) is 75.4 Å². The van der Waals surface area contributed by atoms with Crippen molar-refractivity contribution in [1.29, 1.82) is 0 Å². The van der Waals surface area contributed by atoms with Crippen LogP contribution >= 0.6 is 11.6 Å². The standard InChI is InChI=1S/C26H29ClN4O3/c27-20-6-3-18(4-7-20)16-23-24(26(28)33)25(32)21-15-19(17-29-11-13-34-14-12-29)5-8-22(21)31(23)30-9-1-2-10-30/h3-8,15H,1-2,9-14,16-17H2,(H2,28,33). The molecule has 0 unspecified atom stereocenters. The number of carbonyl (C=O) groups is 1. The fourth-order valence-corrected chi connectivity index (χ4v) is 5.15. The Labute approximate surface area is 203 Å². The first-order valence-electron chi connectivity index (χ1n) is 11.8. The van der Waals surface area contributed by atoms with Crippen molar-refractivity contribution in [2.24, 2.45) is 5.73 Å². The highest BCUT2D eigenvalue weighted by molar-refractivity contribution is 6.30. The number of pyridine rings is 1. The molecule has 178 valence electrons. The van der Waals surface area contributed by atoms with Crippen LogP contribution < -0.4 is 16.2 Å². The Bertz CT molecular complexity index is 1260. The third-order valence-electron chi connectivity index (χ3n) is 6.71. The van der Waals surface area contributed by atoms with Gasteiger partial charge in [-0.15, -0.1) is 0 Å². The average Bonchev–Trinajstić information content (AvgIpc) is 3.36. The van der Waals surface area contributed by atoms with E-state index >= 15 is 0 Å². The molecule has 1 aromatic heterocycles. The van der Waals surface area contributed by atoms with Crippen LogP contribution in [0.3, 0.4) is 0 Å². The van der Waals surface area contributed by atoms with Crippen LogP contribution in [-0.2, 0) is 17.7 Å². The zero-order chi connectivity index (χ0) is 23.7. The van der Waals surface area contributed by atoms with Crippen LogP contribution in [0.15, 0.2) is 47.3 Å². The van der Waals surface area contributed by atoms with Gasteiger partial charge in [0.2, 0.25) is 5.43 Å². The van der Waals surface area contributed by atoms with Crippen LogP contribution in [0.2, 0.25) is 5.02 Å². The van der Waals surface area contributed by atoms with Gasteiger partial charge < -0.3 is 15.5 Å². The second-order valence-electron chi connectivity index (χ2n) is 9.03. The molecule has 2 aliphatic heterocycles. The molecule has 5 rings (SSSR count).